The summed E-state index contributed by atoms with van der Waals surface area (Å²) in [6, 6.07) is 0.200. The van der Waals surface area contributed by atoms with Crippen LogP contribution in [0.1, 0.15) is 12.8 Å². The van der Waals surface area contributed by atoms with Crippen LogP contribution in [0.25, 0.3) is 0 Å². The molecule has 1 atom stereocenters. The van der Waals surface area contributed by atoms with Gasteiger partial charge >= 0.3 is 6.03 Å². The fourth-order valence-corrected chi connectivity index (χ4v) is 1.53. The van der Waals surface area contributed by atoms with Gasteiger partial charge in [-0.2, -0.15) is 0 Å². The minimum absolute atomic E-state index is 0.00148. The van der Waals surface area contributed by atoms with E-state index in [2.05, 4.69) is 10.6 Å². The molecule has 0 bridgehead atoms. The lowest BCUT2D eigenvalue weighted by molar-refractivity contribution is 0.182. The van der Waals surface area contributed by atoms with Crippen LogP contribution in [0.4, 0.5) is 4.79 Å². The number of carbonyl (C=O) groups is 1. The molecular weight excluding hydrogens is 194 g/mol. The molecule has 15 heavy (non-hydrogen) atoms. The number of carbonyl (C=O) groups excluding carboxylic acids is 1. The van der Waals surface area contributed by atoms with Crippen molar-refractivity contribution in [3.05, 3.63) is 0 Å². The third-order valence-corrected chi connectivity index (χ3v) is 2.52. The summed E-state index contributed by atoms with van der Waals surface area (Å²) in [4.78, 5) is 13.3. The van der Waals surface area contributed by atoms with Crippen molar-refractivity contribution in [1.29, 1.82) is 0 Å². The molecular formula is C10H21N3O2. The molecule has 0 aliphatic carbocycles. The van der Waals surface area contributed by atoms with Crippen LogP contribution >= 0.6 is 0 Å². The van der Waals surface area contributed by atoms with Gasteiger partial charge in [0.05, 0.1) is 12.6 Å². The molecule has 0 aromatic rings. The first-order chi connectivity index (χ1) is 7.24. The molecule has 0 radical (unpaired) electrons. The summed E-state index contributed by atoms with van der Waals surface area (Å²) in [6.07, 6.45) is 1.90. The van der Waals surface area contributed by atoms with E-state index in [4.69, 9.17) is 4.74 Å². The van der Waals surface area contributed by atoms with Crippen molar-refractivity contribution in [2.75, 3.05) is 40.4 Å². The van der Waals surface area contributed by atoms with E-state index >= 15 is 0 Å². The van der Waals surface area contributed by atoms with Crippen molar-refractivity contribution in [1.82, 2.24) is 15.5 Å². The molecule has 0 aromatic carbocycles. The summed E-state index contributed by atoms with van der Waals surface area (Å²) in [5.41, 5.74) is 0. The molecule has 1 aliphatic rings. The topological polar surface area (TPSA) is 53.6 Å². The van der Waals surface area contributed by atoms with Crippen molar-refractivity contribution in [2.45, 2.75) is 18.9 Å². The van der Waals surface area contributed by atoms with Gasteiger partial charge in [0.15, 0.2) is 0 Å². The van der Waals surface area contributed by atoms with E-state index in [1.54, 1.807) is 4.90 Å². The highest BCUT2D eigenvalue weighted by atomic mass is 16.5. The van der Waals surface area contributed by atoms with E-state index in [9.17, 15) is 4.79 Å². The number of rotatable bonds is 5. The zero-order chi connectivity index (χ0) is 11.1. The van der Waals surface area contributed by atoms with Gasteiger partial charge in [-0.15, -0.1) is 0 Å². The van der Waals surface area contributed by atoms with E-state index in [1.807, 2.05) is 14.1 Å². The van der Waals surface area contributed by atoms with Crippen molar-refractivity contribution in [3.63, 3.8) is 0 Å². The zero-order valence-corrected chi connectivity index (χ0v) is 9.58. The largest absolute Gasteiger partial charge is 0.379 e. The molecule has 1 aliphatic heterocycles. The maximum Gasteiger partial charge on any atom is 0.317 e. The minimum atomic E-state index is 0.00148. The Balaban J connectivity index is 2.14. The quantitative estimate of drug-likeness (QED) is 0.636. The van der Waals surface area contributed by atoms with Crippen molar-refractivity contribution in [3.8, 4) is 0 Å². The second-order valence-corrected chi connectivity index (χ2v) is 3.89. The Morgan fingerprint density at radius 2 is 2.40 bits per heavy atom. The molecule has 1 heterocycles. The number of urea groups is 1. The molecule has 1 saturated heterocycles. The first-order valence-electron chi connectivity index (χ1n) is 5.48. The number of hydrogen-bond acceptors (Lipinski definition) is 3. The predicted molar refractivity (Wildman–Crippen MR) is 58.9 cm³/mol. The Morgan fingerprint density at radius 3 is 3.00 bits per heavy atom. The maximum atomic E-state index is 11.6. The molecule has 0 spiro atoms. The average molecular weight is 215 g/mol. The third kappa shape index (κ3) is 4.48. The highest BCUT2D eigenvalue weighted by Crippen LogP contribution is 2.03. The van der Waals surface area contributed by atoms with E-state index < -0.39 is 0 Å². The lowest BCUT2D eigenvalue weighted by atomic mass is 10.3. The molecule has 1 fully saturated rings. The minimum Gasteiger partial charge on any atom is -0.379 e. The number of nitrogens with zero attached hydrogens (tertiary/aromatic N) is 1. The van der Waals surface area contributed by atoms with Crippen molar-refractivity contribution >= 4 is 6.03 Å². The molecule has 88 valence electrons. The van der Waals surface area contributed by atoms with Crippen molar-refractivity contribution in [2.24, 2.45) is 0 Å². The molecule has 1 unspecified atom stereocenters. The highest BCUT2D eigenvalue weighted by Gasteiger charge is 2.19. The van der Waals surface area contributed by atoms with Gasteiger partial charge in [0.25, 0.3) is 0 Å². The molecule has 2 N–H and O–H groups in total. The fraction of sp³-hybridized carbons (Fsp3) is 0.900. The number of amides is 2. The summed E-state index contributed by atoms with van der Waals surface area (Å²) >= 11 is 0. The van der Waals surface area contributed by atoms with Crippen LogP contribution in [0.2, 0.25) is 0 Å². The summed E-state index contributed by atoms with van der Waals surface area (Å²) in [7, 11) is 3.73. The number of ether oxygens (including phenoxy) is 1. The maximum absolute atomic E-state index is 11.6. The van der Waals surface area contributed by atoms with Gasteiger partial charge in [-0.25, -0.2) is 4.79 Å². The first-order valence-corrected chi connectivity index (χ1v) is 5.48. The monoisotopic (exact) mass is 215 g/mol. The third-order valence-electron chi connectivity index (χ3n) is 2.52. The van der Waals surface area contributed by atoms with E-state index in [1.165, 1.54) is 0 Å². The zero-order valence-electron chi connectivity index (χ0n) is 9.58. The summed E-state index contributed by atoms with van der Waals surface area (Å²) < 4.78 is 5.19. The van der Waals surface area contributed by atoms with E-state index in [0.29, 0.717) is 6.61 Å². The second-order valence-electron chi connectivity index (χ2n) is 3.89. The highest BCUT2D eigenvalue weighted by molar-refractivity contribution is 5.74. The Labute approximate surface area is 91.2 Å². The van der Waals surface area contributed by atoms with Gasteiger partial charge in [0, 0.05) is 20.2 Å². The van der Waals surface area contributed by atoms with Crippen LogP contribution in [0.3, 0.4) is 0 Å². The number of hydrogen-bond donors (Lipinski definition) is 2. The summed E-state index contributed by atoms with van der Waals surface area (Å²) in [6.45, 7) is 3.12. The number of nitrogens with one attached hydrogen (secondary N) is 2. The summed E-state index contributed by atoms with van der Waals surface area (Å²) in [5.74, 6) is 0. The molecule has 0 aromatic heterocycles. The smallest absolute Gasteiger partial charge is 0.317 e. The Kier molecular flexibility index (Phi) is 5.42. The Bertz CT molecular complexity index is 193. The van der Waals surface area contributed by atoms with Crippen LogP contribution in [-0.4, -0.2) is 57.4 Å². The molecule has 2 amide bonds. The van der Waals surface area contributed by atoms with E-state index in [-0.39, 0.29) is 12.1 Å². The van der Waals surface area contributed by atoms with Crippen molar-refractivity contribution < 1.29 is 9.53 Å². The van der Waals surface area contributed by atoms with Gasteiger partial charge in [0.1, 0.15) is 0 Å². The lowest BCUT2D eigenvalue weighted by Gasteiger charge is -2.20. The van der Waals surface area contributed by atoms with Crippen LogP contribution in [0.15, 0.2) is 0 Å². The summed E-state index contributed by atoms with van der Waals surface area (Å²) in [5, 5.41) is 6.00. The Morgan fingerprint density at radius 1 is 1.60 bits per heavy atom. The molecule has 1 rings (SSSR count). The predicted octanol–water partition coefficient (Wildman–Crippen LogP) is 0.0262. The standard InChI is InChI=1S/C10H21N3O2/c1-11-5-3-6-13(2)10(14)12-9-4-7-15-8-9/h9,11H,3-8H2,1-2H3,(H,12,14). The first kappa shape index (κ1) is 12.3. The van der Waals surface area contributed by atoms with Crippen LogP contribution in [0.5, 0.6) is 0 Å². The molecule has 5 nitrogen and oxygen atoms in total. The lowest BCUT2D eigenvalue weighted by Crippen LogP contribution is -2.43. The Hall–Kier alpha value is -0.810. The fourth-order valence-electron chi connectivity index (χ4n) is 1.53. The van der Waals surface area contributed by atoms with Crippen LogP contribution in [-0.2, 0) is 4.74 Å². The normalized spacial score (nSPS) is 20.3. The van der Waals surface area contributed by atoms with Crippen LogP contribution in [0, 0.1) is 0 Å². The van der Waals surface area contributed by atoms with Gasteiger partial charge in [0.2, 0.25) is 0 Å². The van der Waals surface area contributed by atoms with Gasteiger partial charge in [-0.1, -0.05) is 0 Å². The van der Waals surface area contributed by atoms with Gasteiger partial charge < -0.3 is 20.3 Å². The van der Waals surface area contributed by atoms with Gasteiger partial charge in [-0.3, -0.25) is 0 Å². The van der Waals surface area contributed by atoms with E-state index in [0.717, 1.165) is 32.5 Å². The molecule has 5 heteroatoms. The molecule has 0 saturated carbocycles. The SMILES string of the molecule is CNCCCN(C)C(=O)NC1CCOC1. The van der Waals surface area contributed by atoms with Gasteiger partial charge in [-0.05, 0) is 26.4 Å². The average Bonchev–Trinajstić information content (AvgIpc) is 2.70. The second kappa shape index (κ2) is 6.63. The van der Waals surface area contributed by atoms with Crippen LogP contribution < -0.4 is 10.6 Å².